The fourth-order valence-electron chi connectivity index (χ4n) is 3.16. The summed E-state index contributed by atoms with van der Waals surface area (Å²) in [7, 11) is 3.19. The molecule has 0 atom stereocenters. The molecule has 1 aliphatic heterocycles. The second kappa shape index (κ2) is 9.12. The van der Waals surface area contributed by atoms with Crippen molar-refractivity contribution in [2.45, 2.75) is 18.9 Å². The lowest BCUT2D eigenvalue weighted by Gasteiger charge is -2.32. The fraction of sp³-hybridized carbons (Fsp3) is 0.333. The van der Waals surface area contributed by atoms with E-state index in [0.717, 1.165) is 18.6 Å². The lowest BCUT2D eigenvalue weighted by atomic mass is 10.1. The Balaban J connectivity index is 1.53. The average molecular weight is 383 g/mol. The highest BCUT2D eigenvalue weighted by Crippen LogP contribution is 2.29. The monoisotopic (exact) mass is 383 g/mol. The van der Waals surface area contributed by atoms with Crippen molar-refractivity contribution in [3.63, 3.8) is 0 Å². The van der Waals surface area contributed by atoms with E-state index in [1.807, 2.05) is 24.3 Å². The van der Waals surface area contributed by atoms with Gasteiger partial charge in [0.05, 0.1) is 7.11 Å². The van der Waals surface area contributed by atoms with Gasteiger partial charge >= 0.3 is 6.03 Å². The van der Waals surface area contributed by atoms with Crippen LogP contribution in [0, 0.1) is 0 Å². The second-order valence-electron chi connectivity index (χ2n) is 6.55. The van der Waals surface area contributed by atoms with E-state index in [1.54, 1.807) is 43.3 Å². The van der Waals surface area contributed by atoms with Crippen LogP contribution in [0.5, 0.6) is 11.5 Å². The van der Waals surface area contributed by atoms with Crippen LogP contribution in [-0.2, 0) is 0 Å². The molecule has 1 aliphatic rings. The minimum Gasteiger partial charge on any atom is -0.493 e. The van der Waals surface area contributed by atoms with E-state index in [-0.39, 0.29) is 18.0 Å². The van der Waals surface area contributed by atoms with Crippen LogP contribution in [0.3, 0.4) is 0 Å². The zero-order valence-electron chi connectivity index (χ0n) is 16.1. The SMILES string of the molecule is CNC(=O)c1cccc(NC(=O)N2CCC(Oc3ccccc3OC)CC2)c1. The lowest BCUT2D eigenvalue weighted by molar-refractivity contribution is 0.0962. The van der Waals surface area contributed by atoms with Crippen LogP contribution in [0.25, 0.3) is 0 Å². The van der Waals surface area contributed by atoms with Gasteiger partial charge in [0.25, 0.3) is 5.91 Å². The van der Waals surface area contributed by atoms with Crippen LogP contribution in [0.15, 0.2) is 48.5 Å². The molecule has 2 N–H and O–H groups in total. The summed E-state index contributed by atoms with van der Waals surface area (Å²) in [6.45, 7) is 1.20. The molecule has 28 heavy (non-hydrogen) atoms. The maximum absolute atomic E-state index is 12.5. The number of carbonyl (C=O) groups excluding carboxylic acids is 2. The third-order valence-corrected chi connectivity index (χ3v) is 4.69. The molecule has 7 nitrogen and oxygen atoms in total. The van der Waals surface area contributed by atoms with Crippen LogP contribution in [0.2, 0.25) is 0 Å². The molecule has 0 aromatic heterocycles. The molecule has 0 radical (unpaired) electrons. The first-order valence-electron chi connectivity index (χ1n) is 9.28. The Labute approximate surface area is 164 Å². The van der Waals surface area contributed by atoms with E-state index in [2.05, 4.69) is 10.6 Å². The third kappa shape index (κ3) is 4.73. The van der Waals surface area contributed by atoms with Gasteiger partial charge in [0, 0.05) is 44.2 Å². The summed E-state index contributed by atoms with van der Waals surface area (Å²) in [6.07, 6.45) is 1.52. The van der Waals surface area contributed by atoms with Gasteiger partial charge in [-0.3, -0.25) is 4.79 Å². The van der Waals surface area contributed by atoms with Gasteiger partial charge in [-0.25, -0.2) is 4.79 Å². The molecule has 1 fully saturated rings. The first-order chi connectivity index (χ1) is 13.6. The van der Waals surface area contributed by atoms with E-state index < -0.39 is 0 Å². The summed E-state index contributed by atoms with van der Waals surface area (Å²) in [5.41, 5.74) is 1.10. The summed E-state index contributed by atoms with van der Waals surface area (Å²) in [4.78, 5) is 26.0. The number of carbonyl (C=O) groups is 2. The Morgan fingerprint density at radius 2 is 1.75 bits per heavy atom. The van der Waals surface area contributed by atoms with Gasteiger partial charge in [0.2, 0.25) is 0 Å². The largest absolute Gasteiger partial charge is 0.493 e. The number of piperidine rings is 1. The minimum absolute atomic E-state index is 0.0388. The summed E-state index contributed by atoms with van der Waals surface area (Å²) >= 11 is 0. The Bertz CT molecular complexity index is 832. The second-order valence-corrected chi connectivity index (χ2v) is 6.55. The van der Waals surface area contributed by atoms with Gasteiger partial charge in [-0.15, -0.1) is 0 Å². The molecule has 7 heteroatoms. The van der Waals surface area contributed by atoms with Gasteiger partial charge in [-0.05, 0) is 30.3 Å². The molecule has 2 aromatic rings. The fourth-order valence-corrected chi connectivity index (χ4v) is 3.16. The van der Waals surface area contributed by atoms with E-state index in [4.69, 9.17) is 9.47 Å². The highest BCUT2D eigenvalue weighted by molar-refractivity contribution is 5.96. The molecular formula is C21H25N3O4. The molecule has 0 aliphatic carbocycles. The molecule has 0 saturated carbocycles. The molecule has 1 heterocycles. The number of ether oxygens (including phenoxy) is 2. The van der Waals surface area contributed by atoms with E-state index in [1.165, 1.54) is 0 Å². The third-order valence-electron chi connectivity index (χ3n) is 4.69. The molecule has 3 amide bonds. The highest BCUT2D eigenvalue weighted by Gasteiger charge is 2.24. The summed E-state index contributed by atoms with van der Waals surface area (Å²) < 4.78 is 11.4. The zero-order chi connectivity index (χ0) is 19.9. The lowest BCUT2D eigenvalue weighted by Crippen LogP contribution is -2.43. The van der Waals surface area contributed by atoms with E-state index >= 15 is 0 Å². The van der Waals surface area contributed by atoms with Crippen LogP contribution in [0.1, 0.15) is 23.2 Å². The number of hydrogen-bond acceptors (Lipinski definition) is 4. The van der Waals surface area contributed by atoms with Crippen molar-refractivity contribution >= 4 is 17.6 Å². The number of para-hydroxylation sites is 2. The molecule has 0 unspecified atom stereocenters. The van der Waals surface area contributed by atoms with Gasteiger partial charge in [0.15, 0.2) is 11.5 Å². The zero-order valence-corrected chi connectivity index (χ0v) is 16.1. The van der Waals surface area contributed by atoms with Gasteiger partial charge < -0.3 is 25.0 Å². The number of benzene rings is 2. The normalized spacial score (nSPS) is 14.3. The average Bonchev–Trinajstić information content (AvgIpc) is 2.74. The number of anilines is 1. The number of nitrogens with zero attached hydrogens (tertiary/aromatic N) is 1. The van der Waals surface area contributed by atoms with Crippen molar-refractivity contribution in [3.05, 3.63) is 54.1 Å². The maximum atomic E-state index is 12.5. The summed E-state index contributed by atoms with van der Waals surface area (Å²) in [5, 5.41) is 5.43. The van der Waals surface area contributed by atoms with Gasteiger partial charge in [-0.2, -0.15) is 0 Å². The smallest absolute Gasteiger partial charge is 0.321 e. The maximum Gasteiger partial charge on any atom is 0.321 e. The van der Waals surface area contributed by atoms with Crippen molar-refractivity contribution in [3.8, 4) is 11.5 Å². The summed E-state index contributed by atoms with van der Waals surface area (Å²) in [6, 6.07) is 14.3. The van der Waals surface area contributed by atoms with E-state index in [0.29, 0.717) is 30.1 Å². The first-order valence-corrected chi connectivity index (χ1v) is 9.28. The molecular weight excluding hydrogens is 358 g/mol. The Hall–Kier alpha value is -3.22. The standard InChI is InChI=1S/C21H25N3O4/c1-22-20(25)15-6-5-7-16(14-15)23-21(26)24-12-10-17(11-13-24)28-19-9-4-3-8-18(19)27-2/h3-9,14,17H,10-13H2,1-2H3,(H,22,25)(H,23,26). The quantitative estimate of drug-likeness (QED) is 0.831. The number of rotatable bonds is 5. The Kier molecular flexibility index (Phi) is 6.37. The molecule has 0 bridgehead atoms. The molecule has 148 valence electrons. The predicted octanol–water partition coefficient (Wildman–Crippen LogP) is 3.13. The van der Waals surface area contributed by atoms with Crippen molar-refractivity contribution in [1.29, 1.82) is 0 Å². The summed E-state index contributed by atoms with van der Waals surface area (Å²) in [5.74, 6) is 1.24. The van der Waals surface area contributed by atoms with Crippen LogP contribution < -0.4 is 20.1 Å². The Morgan fingerprint density at radius 1 is 1.04 bits per heavy atom. The molecule has 0 spiro atoms. The van der Waals surface area contributed by atoms with Crippen LogP contribution in [-0.4, -0.2) is 50.2 Å². The number of amides is 3. The number of likely N-dealkylation sites (tertiary alicyclic amines) is 1. The molecule has 2 aromatic carbocycles. The van der Waals surface area contributed by atoms with Crippen molar-refractivity contribution in [1.82, 2.24) is 10.2 Å². The van der Waals surface area contributed by atoms with E-state index in [9.17, 15) is 9.59 Å². The van der Waals surface area contributed by atoms with Gasteiger partial charge in [-0.1, -0.05) is 18.2 Å². The first kappa shape index (κ1) is 19.5. The van der Waals surface area contributed by atoms with Crippen molar-refractivity contribution in [2.24, 2.45) is 0 Å². The van der Waals surface area contributed by atoms with Gasteiger partial charge in [0.1, 0.15) is 6.10 Å². The Morgan fingerprint density at radius 3 is 2.43 bits per heavy atom. The number of methoxy groups -OCH3 is 1. The topological polar surface area (TPSA) is 79.9 Å². The van der Waals surface area contributed by atoms with Crippen molar-refractivity contribution < 1.29 is 19.1 Å². The number of urea groups is 1. The molecule has 3 rings (SSSR count). The molecule has 1 saturated heterocycles. The van der Waals surface area contributed by atoms with Crippen LogP contribution in [0.4, 0.5) is 10.5 Å². The number of hydrogen-bond donors (Lipinski definition) is 2. The highest BCUT2D eigenvalue weighted by atomic mass is 16.5. The predicted molar refractivity (Wildman–Crippen MR) is 107 cm³/mol. The van der Waals surface area contributed by atoms with Crippen LogP contribution >= 0.6 is 0 Å². The van der Waals surface area contributed by atoms with Crippen molar-refractivity contribution in [2.75, 3.05) is 32.6 Å². The minimum atomic E-state index is -0.189. The number of nitrogens with one attached hydrogen (secondary N) is 2.